The molecule has 0 bridgehead atoms. The Bertz CT molecular complexity index is 1170. The molecular formula is C48H89N3O6. The highest BCUT2D eigenvalue weighted by Gasteiger charge is 2.19. The fourth-order valence-corrected chi connectivity index (χ4v) is 7.90. The summed E-state index contributed by atoms with van der Waals surface area (Å²) in [4.78, 5) is 51.1. The average molecular weight is 804 g/mol. The number of rotatable bonds is 42. The number of hydrogen-bond acceptors (Lipinski definition) is 9. The van der Waals surface area contributed by atoms with Crippen molar-refractivity contribution in [1.29, 1.82) is 0 Å². The molecule has 1 unspecified atom stereocenters. The Labute approximate surface area is 349 Å². The maximum Gasteiger partial charge on any atom is 0.305 e. The van der Waals surface area contributed by atoms with Crippen LogP contribution in [0.4, 0.5) is 11.4 Å². The van der Waals surface area contributed by atoms with E-state index < -0.39 is 10.9 Å². The van der Waals surface area contributed by atoms with Crippen molar-refractivity contribution in [3.8, 4) is 0 Å². The molecule has 9 heteroatoms. The first-order valence-electron chi connectivity index (χ1n) is 24.1. The Balaban J connectivity index is 2.35. The van der Waals surface area contributed by atoms with Crippen LogP contribution >= 0.6 is 0 Å². The van der Waals surface area contributed by atoms with E-state index in [-0.39, 0.29) is 11.9 Å². The number of esters is 2. The highest BCUT2D eigenvalue weighted by Crippen LogP contribution is 2.21. The summed E-state index contributed by atoms with van der Waals surface area (Å²) >= 11 is 0. The van der Waals surface area contributed by atoms with Gasteiger partial charge in [-0.3, -0.25) is 19.2 Å². The van der Waals surface area contributed by atoms with Crippen molar-refractivity contribution < 1.29 is 19.1 Å². The molecule has 0 saturated heterocycles. The SMILES string of the molecule is CCCCCC(CCCC)CCOC(=O)CCCCCCCN(CCCCCCCC(=O)OCC(CCCCC)CCCCC)CCCNc1c(NC)c(=O)c1=O. The number of hydrogen-bond donors (Lipinski definition) is 2. The average Bonchev–Trinajstić information content (AvgIpc) is 3.21. The Morgan fingerprint density at radius 3 is 1.51 bits per heavy atom. The van der Waals surface area contributed by atoms with Crippen LogP contribution in [0.1, 0.15) is 214 Å². The third kappa shape index (κ3) is 27.1. The second-order valence-electron chi connectivity index (χ2n) is 16.9. The zero-order valence-corrected chi connectivity index (χ0v) is 37.8. The van der Waals surface area contributed by atoms with Crippen LogP contribution in [0.25, 0.3) is 0 Å². The summed E-state index contributed by atoms with van der Waals surface area (Å²) in [6.07, 6.45) is 32.2. The van der Waals surface area contributed by atoms with Gasteiger partial charge in [-0.2, -0.15) is 0 Å². The van der Waals surface area contributed by atoms with Crippen LogP contribution in [0.15, 0.2) is 9.59 Å². The highest BCUT2D eigenvalue weighted by molar-refractivity contribution is 5.73. The topological polar surface area (TPSA) is 114 Å². The number of carbonyl (C=O) groups excluding carboxylic acids is 2. The normalized spacial score (nSPS) is 12.1. The predicted octanol–water partition coefficient (Wildman–Crippen LogP) is 11.7. The zero-order valence-electron chi connectivity index (χ0n) is 37.8. The fourth-order valence-electron chi connectivity index (χ4n) is 7.90. The summed E-state index contributed by atoms with van der Waals surface area (Å²) in [6, 6.07) is 0. The van der Waals surface area contributed by atoms with Gasteiger partial charge >= 0.3 is 11.9 Å². The van der Waals surface area contributed by atoms with Crippen molar-refractivity contribution in [2.45, 2.75) is 214 Å². The number of unbranched alkanes of at least 4 members (excludes halogenated alkanes) is 15. The molecule has 0 aliphatic carbocycles. The number of nitrogens with zero attached hydrogens (tertiary/aromatic N) is 1. The van der Waals surface area contributed by atoms with Gasteiger partial charge in [-0.25, -0.2) is 0 Å². The summed E-state index contributed by atoms with van der Waals surface area (Å²) < 4.78 is 11.4. The van der Waals surface area contributed by atoms with E-state index in [1.165, 1.54) is 96.3 Å². The summed E-state index contributed by atoms with van der Waals surface area (Å²) in [5, 5.41) is 6.00. The number of carbonyl (C=O) groups is 2. The smallest absolute Gasteiger partial charge is 0.305 e. The molecule has 1 aromatic carbocycles. The van der Waals surface area contributed by atoms with Gasteiger partial charge in [-0.05, 0) is 82.8 Å². The minimum atomic E-state index is -0.441. The molecule has 0 aliphatic rings. The van der Waals surface area contributed by atoms with Crippen molar-refractivity contribution in [3.63, 3.8) is 0 Å². The summed E-state index contributed by atoms with van der Waals surface area (Å²) in [5.41, 5.74) is -0.0650. The first-order valence-corrected chi connectivity index (χ1v) is 24.1. The molecule has 0 radical (unpaired) electrons. The Kier molecular flexibility index (Phi) is 33.8. The van der Waals surface area contributed by atoms with Crippen LogP contribution in [0.3, 0.4) is 0 Å². The van der Waals surface area contributed by atoms with Crippen molar-refractivity contribution in [1.82, 2.24) is 4.90 Å². The highest BCUT2D eigenvalue weighted by atomic mass is 16.5. The van der Waals surface area contributed by atoms with Crippen molar-refractivity contribution in [2.24, 2.45) is 11.8 Å². The standard InChI is InChI=1S/C48H89N3O6/c1-6-10-20-29-41(28-13-9-4)34-39-56-43(52)32-23-16-14-18-25-36-51(38-27-35-50-46-45(49-5)47(54)48(46)55)37-26-19-15-17-24-33-44(53)57-40-42(30-21-11-7-2)31-22-12-8-3/h41-42,49-50H,6-40H2,1-5H3. The van der Waals surface area contributed by atoms with Gasteiger partial charge in [0, 0.05) is 26.4 Å². The van der Waals surface area contributed by atoms with E-state index in [1.54, 1.807) is 7.05 Å². The van der Waals surface area contributed by atoms with Crippen molar-refractivity contribution in [3.05, 3.63) is 20.4 Å². The lowest BCUT2D eigenvalue weighted by atomic mass is 9.93. The molecule has 0 amide bonds. The molecule has 1 aromatic rings. The Morgan fingerprint density at radius 1 is 0.509 bits per heavy atom. The first-order chi connectivity index (χ1) is 27.8. The van der Waals surface area contributed by atoms with E-state index in [1.807, 2.05) is 0 Å². The van der Waals surface area contributed by atoms with Crippen LogP contribution < -0.4 is 21.5 Å². The predicted molar refractivity (Wildman–Crippen MR) is 241 cm³/mol. The van der Waals surface area contributed by atoms with E-state index in [4.69, 9.17) is 9.47 Å². The molecule has 0 saturated carbocycles. The molecule has 1 rings (SSSR count). The second kappa shape index (κ2) is 36.6. The molecule has 9 nitrogen and oxygen atoms in total. The molecule has 57 heavy (non-hydrogen) atoms. The third-order valence-electron chi connectivity index (χ3n) is 11.7. The third-order valence-corrected chi connectivity index (χ3v) is 11.7. The van der Waals surface area contributed by atoms with E-state index in [9.17, 15) is 19.2 Å². The molecular weight excluding hydrogens is 715 g/mol. The quantitative estimate of drug-likeness (QED) is 0.0379. The van der Waals surface area contributed by atoms with Gasteiger partial charge < -0.3 is 25.0 Å². The summed E-state index contributed by atoms with van der Waals surface area (Å²) in [5.74, 6) is 1.13. The fraction of sp³-hybridized carbons (Fsp3) is 0.875. The maximum atomic E-state index is 12.5. The summed E-state index contributed by atoms with van der Waals surface area (Å²) in [7, 11) is 1.67. The Morgan fingerprint density at radius 2 is 0.965 bits per heavy atom. The second-order valence-corrected chi connectivity index (χ2v) is 16.9. The van der Waals surface area contributed by atoms with E-state index >= 15 is 0 Å². The van der Waals surface area contributed by atoms with E-state index in [0.29, 0.717) is 55.8 Å². The van der Waals surface area contributed by atoms with Gasteiger partial charge in [0.15, 0.2) is 0 Å². The molecule has 2 N–H and O–H groups in total. The van der Waals surface area contributed by atoms with Gasteiger partial charge in [0.25, 0.3) is 10.9 Å². The van der Waals surface area contributed by atoms with Gasteiger partial charge in [0.05, 0.1) is 13.2 Å². The van der Waals surface area contributed by atoms with Gasteiger partial charge in [-0.1, -0.05) is 150 Å². The maximum absolute atomic E-state index is 12.5. The van der Waals surface area contributed by atoms with Crippen LogP contribution in [-0.2, 0) is 19.1 Å². The number of ether oxygens (including phenoxy) is 2. The molecule has 0 spiro atoms. The van der Waals surface area contributed by atoms with E-state index in [0.717, 1.165) is 96.7 Å². The number of anilines is 2. The lowest BCUT2D eigenvalue weighted by Gasteiger charge is -2.23. The van der Waals surface area contributed by atoms with Crippen molar-refractivity contribution >= 4 is 23.3 Å². The minimum Gasteiger partial charge on any atom is -0.466 e. The van der Waals surface area contributed by atoms with E-state index in [2.05, 4.69) is 43.2 Å². The van der Waals surface area contributed by atoms with Gasteiger partial charge in [0.2, 0.25) is 0 Å². The molecule has 0 fully saturated rings. The number of nitrogens with one attached hydrogen (secondary N) is 2. The monoisotopic (exact) mass is 804 g/mol. The van der Waals surface area contributed by atoms with Gasteiger partial charge in [-0.15, -0.1) is 0 Å². The Hall–Kier alpha value is -2.42. The molecule has 0 heterocycles. The first kappa shape index (κ1) is 52.6. The lowest BCUT2D eigenvalue weighted by Crippen LogP contribution is -2.37. The van der Waals surface area contributed by atoms with Crippen molar-refractivity contribution in [2.75, 3.05) is 57.1 Å². The van der Waals surface area contributed by atoms with Gasteiger partial charge in [0.1, 0.15) is 11.4 Å². The molecule has 332 valence electrons. The van der Waals surface area contributed by atoms with Crippen LogP contribution in [-0.4, -0.2) is 63.3 Å². The molecule has 0 aromatic heterocycles. The molecule has 0 aliphatic heterocycles. The molecule has 1 atom stereocenters. The minimum absolute atomic E-state index is 0.0318. The summed E-state index contributed by atoms with van der Waals surface area (Å²) in [6.45, 7) is 13.8. The zero-order chi connectivity index (χ0) is 41.8. The largest absolute Gasteiger partial charge is 0.466 e. The van der Waals surface area contributed by atoms with Crippen LogP contribution in [0.2, 0.25) is 0 Å². The van der Waals surface area contributed by atoms with Crippen LogP contribution in [0.5, 0.6) is 0 Å². The lowest BCUT2D eigenvalue weighted by molar-refractivity contribution is -0.145. The van der Waals surface area contributed by atoms with Crippen LogP contribution in [0, 0.1) is 11.8 Å².